The molecule has 1 aliphatic heterocycles. The molecular weight excluding hydrogens is 399 g/mol. The van der Waals surface area contributed by atoms with Gasteiger partial charge in [-0.15, -0.1) is 0 Å². The van der Waals surface area contributed by atoms with Crippen molar-refractivity contribution in [3.8, 4) is 5.69 Å². The van der Waals surface area contributed by atoms with Crippen molar-refractivity contribution >= 4 is 40.3 Å². The van der Waals surface area contributed by atoms with Gasteiger partial charge in [0.15, 0.2) is 5.16 Å². The van der Waals surface area contributed by atoms with E-state index in [2.05, 4.69) is 4.98 Å². The number of rotatable bonds is 5. The number of halogens is 1. The van der Waals surface area contributed by atoms with E-state index in [0.29, 0.717) is 41.3 Å². The zero-order valence-corrected chi connectivity index (χ0v) is 15.9. The Hall–Kier alpha value is -3.27. The molecule has 2 amide bonds. The van der Waals surface area contributed by atoms with Crippen LogP contribution in [0.5, 0.6) is 0 Å². The highest BCUT2D eigenvalue weighted by Gasteiger charge is 2.27. The second-order valence-corrected chi connectivity index (χ2v) is 7.41. The van der Waals surface area contributed by atoms with Gasteiger partial charge in [0.1, 0.15) is 5.82 Å². The lowest BCUT2D eigenvalue weighted by Gasteiger charge is -2.13. The Morgan fingerprint density at radius 3 is 2.66 bits per heavy atom. The summed E-state index contributed by atoms with van der Waals surface area (Å²) in [4.78, 5) is 40.4. The summed E-state index contributed by atoms with van der Waals surface area (Å²) in [5.74, 6) is -0.886. The second-order valence-electron chi connectivity index (χ2n) is 6.47. The van der Waals surface area contributed by atoms with Gasteiger partial charge in [-0.25, -0.2) is 9.37 Å². The Labute approximate surface area is 168 Å². The molecule has 0 aliphatic carbocycles. The van der Waals surface area contributed by atoms with Crippen molar-refractivity contribution in [2.45, 2.75) is 18.0 Å². The molecule has 0 spiro atoms. The number of thioether (sulfide) groups is 1. The number of nitrogens with zero attached hydrogens (tertiary/aromatic N) is 4. The Bertz CT molecular complexity index is 1130. The lowest BCUT2D eigenvalue weighted by molar-refractivity contribution is -0.384. The van der Waals surface area contributed by atoms with Gasteiger partial charge in [-0.05, 0) is 36.8 Å². The Balaban J connectivity index is 1.71. The Morgan fingerprint density at radius 2 is 2.00 bits per heavy atom. The number of hydrogen-bond acceptors (Lipinski definition) is 6. The van der Waals surface area contributed by atoms with Crippen LogP contribution in [0.1, 0.15) is 12.8 Å². The van der Waals surface area contributed by atoms with E-state index in [0.717, 1.165) is 11.8 Å². The van der Waals surface area contributed by atoms with Crippen LogP contribution in [0.15, 0.2) is 47.6 Å². The van der Waals surface area contributed by atoms with Crippen molar-refractivity contribution in [3.63, 3.8) is 0 Å². The molecule has 2 aromatic carbocycles. The fourth-order valence-corrected chi connectivity index (χ4v) is 4.12. The summed E-state index contributed by atoms with van der Waals surface area (Å²) in [7, 11) is 0. The van der Waals surface area contributed by atoms with Crippen molar-refractivity contribution in [1.82, 2.24) is 14.5 Å². The molecule has 1 aromatic heterocycles. The minimum atomic E-state index is -0.508. The third-order valence-corrected chi connectivity index (χ3v) is 5.53. The van der Waals surface area contributed by atoms with Crippen LogP contribution in [0.2, 0.25) is 0 Å². The van der Waals surface area contributed by atoms with Gasteiger partial charge in [-0.1, -0.05) is 11.8 Å². The molecule has 1 fully saturated rings. The minimum absolute atomic E-state index is 0.00164. The highest BCUT2D eigenvalue weighted by molar-refractivity contribution is 7.99. The maximum atomic E-state index is 13.4. The zero-order valence-electron chi connectivity index (χ0n) is 15.1. The van der Waals surface area contributed by atoms with Crippen LogP contribution >= 0.6 is 11.8 Å². The van der Waals surface area contributed by atoms with E-state index in [1.54, 1.807) is 22.8 Å². The number of imide groups is 1. The van der Waals surface area contributed by atoms with E-state index in [1.165, 1.54) is 29.2 Å². The number of benzene rings is 2. The summed E-state index contributed by atoms with van der Waals surface area (Å²) in [5.41, 5.74) is 1.48. The van der Waals surface area contributed by atoms with E-state index in [9.17, 15) is 24.1 Å². The molecule has 4 rings (SSSR count). The van der Waals surface area contributed by atoms with E-state index >= 15 is 0 Å². The van der Waals surface area contributed by atoms with Crippen LogP contribution in [0.25, 0.3) is 16.7 Å². The van der Waals surface area contributed by atoms with Gasteiger partial charge in [0, 0.05) is 30.8 Å². The van der Waals surface area contributed by atoms with Crippen LogP contribution in [0, 0.1) is 15.9 Å². The summed E-state index contributed by atoms with van der Waals surface area (Å²) in [6, 6.07) is 10.0. The van der Waals surface area contributed by atoms with Gasteiger partial charge in [-0.3, -0.25) is 29.2 Å². The summed E-state index contributed by atoms with van der Waals surface area (Å²) >= 11 is 1.13. The summed E-state index contributed by atoms with van der Waals surface area (Å²) in [5, 5.41) is 11.5. The van der Waals surface area contributed by atoms with Crippen molar-refractivity contribution in [1.29, 1.82) is 0 Å². The number of nitro benzene ring substituents is 1. The highest BCUT2D eigenvalue weighted by Crippen LogP contribution is 2.30. The number of imidazole rings is 1. The molecule has 0 atom stereocenters. The predicted octanol–water partition coefficient (Wildman–Crippen LogP) is 3.31. The number of amides is 2. The van der Waals surface area contributed by atoms with Gasteiger partial charge >= 0.3 is 0 Å². The average molecular weight is 414 g/mol. The van der Waals surface area contributed by atoms with Crippen LogP contribution in [0.3, 0.4) is 0 Å². The van der Waals surface area contributed by atoms with Gasteiger partial charge in [0.2, 0.25) is 11.8 Å². The zero-order chi connectivity index (χ0) is 20.5. The molecule has 3 aromatic rings. The first-order chi connectivity index (χ1) is 13.9. The molecule has 1 aliphatic rings. The first-order valence-electron chi connectivity index (χ1n) is 8.83. The third-order valence-electron chi connectivity index (χ3n) is 4.60. The van der Waals surface area contributed by atoms with Crippen molar-refractivity contribution in [2.75, 3.05) is 12.3 Å². The van der Waals surface area contributed by atoms with E-state index < -0.39 is 10.7 Å². The third kappa shape index (κ3) is 3.70. The maximum absolute atomic E-state index is 13.4. The van der Waals surface area contributed by atoms with Gasteiger partial charge in [-0.2, -0.15) is 0 Å². The SMILES string of the molecule is O=C1CCCN1C(=O)CSc1nc2cc([N+](=O)[O-])ccc2n1-c1ccc(F)cc1. The number of carbonyl (C=O) groups is 2. The van der Waals surface area contributed by atoms with Crippen LogP contribution in [-0.4, -0.2) is 43.5 Å². The quantitative estimate of drug-likeness (QED) is 0.361. The summed E-state index contributed by atoms with van der Waals surface area (Å²) in [6.45, 7) is 0.415. The van der Waals surface area contributed by atoms with Crippen LogP contribution < -0.4 is 0 Å². The van der Waals surface area contributed by atoms with E-state index in [1.807, 2.05) is 0 Å². The van der Waals surface area contributed by atoms with E-state index in [4.69, 9.17) is 0 Å². The van der Waals surface area contributed by atoms with Crippen molar-refractivity contribution < 1.29 is 18.9 Å². The Kier molecular flexibility index (Phi) is 5.01. The summed E-state index contributed by atoms with van der Waals surface area (Å²) in [6.07, 6.45) is 1.03. The number of aromatic nitrogens is 2. The number of carbonyl (C=O) groups excluding carboxylic acids is 2. The van der Waals surface area contributed by atoms with Crippen LogP contribution in [0.4, 0.5) is 10.1 Å². The second kappa shape index (κ2) is 7.63. The molecule has 0 unspecified atom stereocenters. The van der Waals surface area contributed by atoms with E-state index in [-0.39, 0.29) is 23.3 Å². The number of likely N-dealkylation sites (tertiary alicyclic amines) is 1. The standard InChI is InChI=1S/C19H15FN4O4S/c20-12-3-5-13(6-4-12)23-16-8-7-14(24(27)28)10-15(16)21-19(23)29-11-18(26)22-9-1-2-17(22)25/h3-8,10H,1-2,9,11H2. The van der Waals surface area contributed by atoms with Gasteiger partial charge < -0.3 is 0 Å². The number of non-ortho nitro benzene ring substituents is 1. The summed E-state index contributed by atoms with van der Waals surface area (Å²) < 4.78 is 15.1. The molecule has 29 heavy (non-hydrogen) atoms. The molecule has 0 saturated carbocycles. The maximum Gasteiger partial charge on any atom is 0.271 e. The monoisotopic (exact) mass is 414 g/mol. The lowest BCUT2D eigenvalue weighted by atomic mass is 10.2. The van der Waals surface area contributed by atoms with Gasteiger partial charge in [0.25, 0.3) is 5.69 Å². The van der Waals surface area contributed by atoms with Crippen LogP contribution in [-0.2, 0) is 9.59 Å². The molecule has 1 saturated heterocycles. The highest BCUT2D eigenvalue weighted by atomic mass is 32.2. The number of hydrogen-bond donors (Lipinski definition) is 0. The molecule has 8 nitrogen and oxygen atoms in total. The normalized spacial score (nSPS) is 14.0. The minimum Gasteiger partial charge on any atom is -0.287 e. The molecule has 0 bridgehead atoms. The fourth-order valence-electron chi connectivity index (χ4n) is 3.21. The molecular formula is C19H15FN4O4S. The van der Waals surface area contributed by atoms with Crippen molar-refractivity contribution in [2.24, 2.45) is 0 Å². The fraction of sp³-hybridized carbons (Fsp3) is 0.211. The molecule has 10 heteroatoms. The predicted molar refractivity (Wildman–Crippen MR) is 104 cm³/mol. The molecule has 148 valence electrons. The first kappa shape index (κ1) is 19.1. The van der Waals surface area contributed by atoms with Crippen molar-refractivity contribution in [3.05, 3.63) is 58.4 Å². The smallest absolute Gasteiger partial charge is 0.271 e. The number of fused-ring (bicyclic) bond motifs is 1. The molecule has 0 radical (unpaired) electrons. The average Bonchev–Trinajstić information content (AvgIpc) is 3.29. The molecule has 2 heterocycles. The first-order valence-corrected chi connectivity index (χ1v) is 9.81. The largest absolute Gasteiger partial charge is 0.287 e. The Morgan fingerprint density at radius 1 is 1.24 bits per heavy atom. The molecule has 0 N–H and O–H groups in total. The topological polar surface area (TPSA) is 98.3 Å². The number of nitro groups is 1. The lowest BCUT2D eigenvalue weighted by Crippen LogP contribution is -2.33. The van der Waals surface area contributed by atoms with Gasteiger partial charge in [0.05, 0.1) is 21.7 Å².